The minimum Gasteiger partial charge on any atom is -0.495 e. The number of hydrogen-bond donors (Lipinski definition) is 1. The Bertz CT molecular complexity index is 418. The van der Waals surface area contributed by atoms with Crippen molar-refractivity contribution in [2.75, 3.05) is 20.7 Å². The molecule has 0 spiro atoms. The van der Waals surface area contributed by atoms with Crippen LogP contribution in [-0.4, -0.2) is 42.6 Å². The first-order valence-corrected chi connectivity index (χ1v) is 5.87. The molecule has 0 aliphatic carbocycles. The van der Waals surface area contributed by atoms with E-state index in [1.54, 1.807) is 6.07 Å². The molecule has 0 unspecified atom stereocenters. The number of halogens is 1. The SMILES string of the molecule is COc1cc(C(=O)N(C)CC(=O)O)sc1Br. The van der Waals surface area contributed by atoms with Gasteiger partial charge < -0.3 is 14.7 Å². The van der Waals surface area contributed by atoms with Crippen LogP contribution < -0.4 is 4.74 Å². The lowest BCUT2D eigenvalue weighted by molar-refractivity contribution is -0.137. The van der Waals surface area contributed by atoms with Gasteiger partial charge in [0.05, 0.1) is 12.0 Å². The van der Waals surface area contributed by atoms with Crippen LogP contribution >= 0.6 is 27.3 Å². The zero-order valence-corrected chi connectivity index (χ0v) is 11.1. The Balaban J connectivity index is 2.83. The number of carbonyl (C=O) groups excluding carboxylic acids is 1. The Morgan fingerprint density at radius 2 is 2.25 bits per heavy atom. The molecule has 1 aromatic heterocycles. The van der Waals surface area contributed by atoms with E-state index in [4.69, 9.17) is 9.84 Å². The second-order valence-corrected chi connectivity index (χ2v) is 5.38. The maximum Gasteiger partial charge on any atom is 0.323 e. The third kappa shape index (κ3) is 2.96. The minimum atomic E-state index is -1.04. The van der Waals surface area contributed by atoms with Crippen LogP contribution in [0, 0.1) is 0 Å². The number of likely N-dealkylation sites (N-methyl/N-ethyl adjacent to an activating group) is 1. The molecule has 0 fully saturated rings. The average molecular weight is 308 g/mol. The summed E-state index contributed by atoms with van der Waals surface area (Å²) in [6.07, 6.45) is 0. The normalized spacial score (nSPS) is 9.94. The molecule has 7 heteroatoms. The molecular formula is C9H10BrNO4S. The summed E-state index contributed by atoms with van der Waals surface area (Å²) in [7, 11) is 2.94. The van der Waals surface area contributed by atoms with E-state index >= 15 is 0 Å². The van der Waals surface area contributed by atoms with Crippen molar-refractivity contribution < 1.29 is 19.4 Å². The first kappa shape index (κ1) is 13.0. The van der Waals surface area contributed by atoms with Crippen molar-refractivity contribution in [1.82, 2.24) is 4.90 Å². The number of nitrogens with zero attached hydrogens (tertiary/aromatic N) is 1. The smallest absolute Gasteiger partial charge is 0.323 e. The molecule has 0 aromatic carbocycles. The second kappa shape index (κ2) is 5.31. The largest absolute Gasteiger partial charge is 0.495 e. The van der Waals surface area contributed by atoms with Crippen molar-refractivity contribution in [2.24, 2.45) is 0 Å². The lowest BCUT2D eigenvalue weighted by atomic mass is 10.4. The highest BCUT2D eigenvalue weighted by atomic mass is 79.9. The Morgan fingerprint density at radius 3 is 2.69 bits per heavy atom. The number of hydrogen-bond acceptors (Lipinski definition) is 4. The maximum atomic E-state index is 11.8. The predicted octanol–water partition coefficient (Wildman–Crippen LogP) is 1.68. The first-order valence-electron chi connectivity index (χ1n) is 4.26. The van der Waals surface area contributed by atoms with Crippen molar-refractivity contribution in [3.63, 3.8) is 0 Å². The quantitative estimate of drug-likeness (QED) is 0.919. The molecule has 88 valence electrons. The highest BCUT2D eigenvalue weighted by molar-refractivity contribution is 9.11. The van der Waals surface area contributed by atoms with Gasteiger partial charge in [0.2, 0.25) is 0 Å². The van der Waals surface area contributed by atoms with Crippen molar-refractivity contribution in [2.45, 2.75) is 0 Å². The lowest BCUT2D eigenvalue weighted by Gasteiger charge is -2.12. The third-order valence-corrected chi connectivity index (χ3v) is 3.57. The average Bonchev–Trinajstić information content (AvgIpc) is 2.57. The highest BCUT2D eigenvalue weighted by Gasteiger charge is 2.18. The van der Waals surface area contributed by atoms with Crippen LogP contribution in [-0.2, 0) is 4.79 Å². The molecule has 0 saturated carbocycles. The van der Waals surface area contributed by atoms with Crippen molar-refractivity contribution in [3.8, 4) is 5.75 Å². The number of methoxy groups -OCH3 is 1. The summed E-state index contributed by atoms with van der Waals surface area (Å²) in [6, 6.07) is 1.58. The Hall–Kier alpha value is -1.08. The molecule has 0 bridgehead atoms. The van der Waals surface area contributed by atoms with E-state index in [0.29, 0.717) is 14.4 Å². The van der Waals surface area contributed by atoms with Crippen molar-refractivity contribution in [3.05, 3.63) is 14.7 Å². The van der Waals surface area contributed by atoms with Gasteiger partial charge in [-0.3, -0.25) is 9.59 Å². The van der Waals surface area contributed by atoms with E-state index in [0.717, 1.165) is 4.90 Å². The molecule has 5 nitrogen and oxygen atoms in total. The fourth-order valence-corrected chi connectivity index (χ4v) is 2.70. The van der Waals surface area contributed by atoms with Gasteiger partial charge in [-0.25, -0.2) is 0 Å². The standard InChI is InChI=1S/C9H10BrNO4S/c1-11(4-7(12)13)9(14)6-3-5(15-2)8(10)16-6/h3H,4H2,1-2H3,(H,12,13). The fourth-order valence-electron chi connectivity index (χ4n) is 1.06. The van der Waals surface area contributed by atoms with Gasteiger partial charge in [-0.15, -0.1) is 11.3 Å². The van der Waals surface area contributed by atoms with Crippen LogP contribution in [0.25, 0.3) is 0 Å². The van der Waals surface area contributed by atoms with Crippen LogP contribution in [0.5, 0.6) is 5.75 Å². The topological polar surface area (TPSA) is 66.8 Å². The van der Waals surface area contributed by atoms with Crippen molar-refractivity contribution >= 4 is 39.1 Å². The molecule has 0 saturated heterocycles. The zero-order valence-electron chi connectivity index (χ0n) is 8.69. The summed E-state index contributed by atoms with van der Waals surface area (Å²) in [5, 5.41) is 8.56. The van der Waals surface area contributed by atoms with E-state index in [-0.39, 0.29) is 12.5 Å². The van der Waals surface area contributed by atoms with Gasteiger partial charge in [-0.2, -0.15) is 0 Å². The fraction of sp³-hybridized carbons (Fsp3) is 0.333. The van der Waals surface area contributed by atoms with Crippen molar-refractivity contribution in [1.29, 1.82) is 0 Å². The van der Waals surface area contributed by atoms with Crippen LogP contribution in [0.1, 0.15) is 9.67 Å². The Labute approximate surface area is 105 Å². The van der Waals surface area contributed by atoms with E-state index in [1.165, 1.54) is 25.5 Å². The van der Waals surface area contributed by atoms with E-state index < -0.39 is 5.97 Å². The van der Waals surface area contributed by atoms with E-state index in [2.05, 4.69) is 15.9 Å². The molecule has 0 atom stereocenters. The van der Waals surface area contributed by atoms with Crippen LogP contribution in [0.15, 0.2) is 9.85 Å². The number of amides is 1. The molecule has 1 amide bonds. The van der Waals surface area contributed by atoms with Gasteiger partial charge in [-0.05, 0) is 15.9 Å². The summed E-state index contributed by atoms with van der Waals surface area (Å²) in [6.45, 7) is -0.323. The van der Waals surface area contributed by atoms with Gasteiger partial charge in [0, 0.05) is 13.1 Å². The molecule has 1 heterocycles. The van der Waals surface area contributed by atoms with Crippen LogP contribution in [0.4, 0.5) is 0 Å². The molecule has 1 aromatic rings. The molecule has 0 aliphatic rings. The van der Waals surface area contributed by atoms with Gasteiger partial charge in [0.25, 0.3) is 5.91 Å². The predicted molar refractivity (Wildman–Crippen MR) is 63.2 cm³/mol. The zero-order chi connectivity index (χ0) is 12.3. The molecule has 1 rings (SSSR count). The summed E-state index contributed by atoms with van der Waals surface area (Å²) in [5.41, 5.74) is 0. The molecule has 0 radical (unpaired) electrons. The molecular weight excluding hydrogens is 298 g/mol. The van der Waals surface area contributed by atoms with Gasteiger partial charge in [-0.1, -0.05) is 0 Å². The number of carboxylic acid groups (broad SMARTS) is 1. The van der Waals surface area contributed by atoms with E-state index in [1.807, 2.05) is 0 Å². The van der Waals surface area contributed by atoms with E-state index in [9.17, 15) is 9.59 Å². The van der Waals surface area contributed by atoms with Gasteiger partial charge >= 0.3 is 5.97 Å². The summed E-state index contributed by atoms with van der Waals surface area (Å²) < 4.78 is 5.72. The Kier molecular flexibility index (Phi) is 4.31. The first-order chi connectivity index (χ1) is 7.45. The van der Waals surface area contributed by atoms with Gasteiger partial charge in [0.15, 0.2) is 0 Å². The maximum absolute atomic E-state index is 11.8. The number of aliphatic carboxylic acids is 1. The van der Waals surface area contributed by atoms with Crippen LogP contribution in [0.3, 0.4) is 0 Å². The monoisotopic (exact) mass is 307 g/mol. The molecule has 1 N–H and O–H groups in total. The summed E-state index contributed by atoms with van der Waals surface area (Å²) in [4.78, 5) is 23.8. The lowest BCUT2D eigenvalue weighted by Crippen LogP contribution is -2.31. The number of rotatable bonds is 4. The third-order valence-electron chi connectivity index (χ3n) is 1.81. The number of carbonyl (C=O) groups is 2. The molecule has 0 aliphatic heterocycles. The number of carboxylic acids is 1. The van der Waals surface area contributed by atoms with Gasteiger partial charge in [0.1, 0.15) is 16.1 Å². The number of ether oxygens (including phenoxy) is 1. The Morgan fingerprint density at radius 1 is 1.62 bits per heavy atom. The minimum absolute atomic E-state index is 0.323. The second-order valence-electron chi connectivity index (χ2n) is 3.01. The summed E-state index contributed by atoms with van der Waals surface area (Å²) in [5.74, 6) is -0.813. The highest BCUT2D eigenvalue weighted by Crippen LogP contribution is 2.34. The van der Waals surface area contributed by atoms with Crippen LogP contribution in [0.2, 0.25) is 0 Å². The number of thiophene rings is 1. The summed E-state index contributed by atoms with van der Waals surface area (Å²) >= 11 is 4.46. The molecule has 16 heavy (non-hydrogen) atoms.